The Balaban J connectivity index is 1.19. The van der Waals surface area contributed by atoms with Gasteiger partial charge in [-0.05, 0) is 66.1 Å². The first-order valence-corrected chi connectivity index (χ1v) is 13.7. The molecule has 36 heavy (non-hydrogen) atoms. The zero-order chi connectivity index (χ0) is 25.1. The summed E-state index contributed by atoms with van der Waals surface area (Å²) in [6.07, 6.45) is 3.67. The van der Waals surface area contributed by atoms with Gasteiger partial charge in [0.05, 0.1) is 12.4 Å². The maximum absolute atomic E-state index is 13.7. The van der Waals surface area contributed by atoms with Gasteiger partial charge in [-0.1, -0.05) is 42.5 Å². The van der Waals surface area contributed by atoms with Crippen LogP contribution in [0.2, 0.25) is 0 Å². The number of hydrogen-bond donors (Lipinski definition) is 1. The molecule has 1 aliphatic heterocycles. The van der Waals surface area contributed by atoms with Crippen molar-refractivity contribution in [1.82, 2.24) is 9.29 Å². The van der Waals surface area contributed by atoms with Crippen molar-refractivity contribution in [1.29, 1.82) is 0 Å². The minimum atomic E-state index is -3.48. The fraction of sp³-hybridized carbons (Fsp3) is 0.286. The summed E-state index contributed by atoms with van der Waals surface area (Å²) in [5, 5.41) is 1.18. The number of fused-ring (bicyclic) bond motifs is 1. The largest absolute Gasteiger partial charge is 0.488 e. The first-order valence-electron chi connectivity index (χ1n) is 12.1. The van der Waals surface area contributed by atoms with Crippen molar-refractivity contribution in [2.24, 2.45) is 0 Å². The number of rotatable bonds is 8. The normalized spacial score (nSPS) is 15.4. The molecule has 1 fully saturated rings. The molecule has 0 radical (unpaired) electrons. The highest BCUT2D eigenvalue weighted by molar-refractivity contribution is 7.89. The summed E-state index contributed by atoms with van der Waals surface area (Å²) in [6, 6.07) is 20.1. The molecule has 0 bridgehead atoms. The maximum Gasteiger partial charge on any atom is 0.214 e. The lowest BCUT2D eigenvalue weighted by Crippen LogP contribution is -2.39. The van der Waals surface area contributed by atoms with Crippen molar-refractivity contribution in [3.05, 3.63) is 90.1 Å². The summed E-state index contributed by atoms with van der Waals surface area (Å²) in [5.74, 6) is -1.92. The Morgan fingerprint density at radius 3 is 2.36 bits per heavy atom. The Morgan fingerprint density at radius 2 is 1.64 bits per heavy atom. The molecular formula is C28H28F2N2O3S. The van der Waals surface area contributed by atoms with Crippen LogP contribution in [0.15, 0.2) is 72.9 Å². The van der Waals surface area contributed by atoms with Crippen LogP contribution in [-0.2, 0) is 10.0 Å². The fourth-order valence-electron chi connectivity index (χ4n) is 4.90. The van der Waals surface area contributed by atoms with E-state index in [1.165, 1.54) is 21.3 Å². The predicted octanol–water partition coefficient (Wildman–Crippen LogP) is 6.09. The lowest BCUT2D eigenvalue weighted by atomic mass is 9.89. The van der Waals surface area contributed by atoms with Crippen LogP contribution in [0.4, 0.5) is 8.78 Å². The number of sulfonamides is 1. The number of halogens is 2. The average Bonchev–Trinajstić information content (AvgIpc) is 3.32. The number of piperidine rings is 1. The van der Waals surface area contributed by atoms with Crippen LogP contribution in [0, 0.1) is 11.6 Å². The molecular weight excluding hydrogens is 482 g/mol. The quantitative estimate of drug-likeness (QED) is 0.292. The molecule has 0 atom stereocenters. The second kappa shape index (κ2) is 10.4. The number of aromatic nitrogens is 1. The van der Waals surface area contributed by atoms with Crippen molar-refractivity contribution in [2.75, 3.05) is 25.4 Å². The molecule has 0 amide bonds. The Labute approximate surface area is 209 Å². The molecule has 3 aromatic carbocycles. The maximum atomic E-state index is 13.7. The Kier molecular flexibility index (Phi) is 7.07. The minimum Gasteiger partial charge on any atom is -0.488 e. The molecule has 8 heteroatoms. The van der Waals surface area contributed by atoms with Gasteiger partial charge < -0.3 is 9.72 Å². The van der Waals surface area contributed by atoms with E-state index in [0.29, 0.717) is 13.1 Å². The third kappa shape index (κ3) is 5.15. The molecule has 1 saturated heterocycles. The molecule has 4 aromatic rings. The highest BCUT2D eigenvalue weighted by atomic mass is 32.2. The van der Waals surface area contributed by atoms with E-state index in [0.717, 1.165) is 41.6 Å². The van der Waals surface area contributed by atoms with Crippen LogP contribution in [-0.4, -0.2) is 43.2 Å². The van der Waals surface area contributed by atoms with Gasteiger partial charge in [-0.3, -0.25) is 0 Å². The smallest absolute Gasteiger partial charge is 0.214 e. The molecule has 0 saturated carbocycles. The zero-order valence-electron chi connectivity index (χ0n) is 19.8. The summed E-state index contributed by atoms with van der Waals surface area (Å²) in [6.45, 7) is 0.814. The standard InChI is InChI=1S/C28H28F2N2O3S/c29-25-8-4-9-26(30)28(25)35-16-5-17-36(33,34)32-14-12-21(13-15-32)24-19-31-27-11-10-22(18-23(24)27)20-6-2-1-3-7-20/h1-4,6-11,18-19,21,31H,5,12-17H2. The second-order valence-corrected chi connectivity index (χ2v) is 11.2. The van der Waals surface area contributed by atoms with Crippen LogP contribution >= 0.6 is 0 Å². The second-order valence-electron chi connectivity index (χ2n) is 9.11. The molecule has 0 unspecified atom stereocenters. The Bertz CT molecular complexity index is 1430. The molecule has 1 aromatic heterocycles. The van der Waals surface area contributed by atoms with Crippen LogP contribution in [0.5, 0.6) is 5.75 Å². The summed E-state index contributed by atoms with van der Waals surface area (Å²) in [5.41, 5.74) is 4.61. The molecule has 5 rings (SSSR count). The average molecular weight is 511 g/mol. The van der Waals surface area contributed by atoms with Gasteiger partial charge in [-0.15, -0.1) is 0 Å². The minimum absolute atomic E-state index is 0.0768. The van der Waals surface area contributed by atoms with Gasteiger partial charge in [-0.25, -0.2) is 21.5 Å². The number of para-hydroxylation sites is 1. The van der Waals surface area contributed by atoms with E-state index in [9.17, 15) is 17.2 Å². The van der Waals surface area contributed by atoms with E-state index in [2.05, 4.69) is 35.3 Å². The van der Waals surface area contributed by atoms with E-state index in [-0.39, 0.29) is 24.7 Å². The lowest BCUT2D eigenvalue weighted by Gasteiger charge is -2.31. The number of H-pyrrole nitrogens is 1. The topological polar surface area (TPSA) is 62.4 Å². The molecule has 2 heterocycles. The van der Waals surface area contributed by atoms with Gasteiger partial charge in [0.2, 0.25) is 10.0 Å². The summed E-state index contributed by atoms with van der Waals surface area (Å²) in [7, 11) is -3.48. The van der Waals surface area contributed by atoms with Gasteiger partial charge >= 0.3 is 0 Å². The fourth-order valence-corrected chi connectivity index (χ4v) is 6.41. The van der Waals surface area contributed by atoms with Crippen molar-refractivity contribution in [3.8, 4) is 16.9 Å². The van der Waals surface area contributed by atoms with Crippen LogP contribution in [0.3, 0.4) is 0 Å². The SMILES string of the molecule is O=S(=O)(CCCOc1c(F)cccc1F)N1CCC(c2c[nH]c3ccc(-c4ccccc4)cc23)CC1. The molecule has 5 nitrogen and oxygen atoms in total. The molecule has 0 aliphatic carbocycles. The van der Waals surface area contributed by atoms with E-state index < -0.39 is 27.4 Å². The number of aromatic amines is 1. The number of hydrogen-bond acceptors (Lipinski definition) is 3. The van der Waals surface area contributed by atoms with E-state index in [4.69, 9.17) is 4.74 Å². The Morgan fingerprint density at radius 1 is 0.917 bits per heavy atom. The molecule has 1 N–H and O–H groups in total. The Hall–Kier alpha value is -3.23. The van der Waals surface area contributed by atoms with Gasteiger partial charge in [-0.2, -0.15) is 0 Å². The van der Waals surface area contributed by atoms with Crippen molar-refractivity contribution in [3.63, 3.8) is 0 Å². The third-order valence-corrected chi connectivity index (χ3v) is 8.78. The summed E-state index contributed by atoms with van der Waals surface area (Å²) in [4.78, 5) is 3.36. The first kappa shape index (κ1) is 24.5. The van der Waals surface area contributed by atoms with E-state index in [1.54, 1.807) is 0 Å². The first-order chi connectivity index (χ1) is 17.4. The summed E-state index contributed by atoms with van der Waals surface area (Å²) >= 11 is 0. The monoisotopic (exact) mass is 510 g/mol. The van der Waals surface area contributed by atoms with Gasteiger partial charge in [0.25, 0.3) is 0 Å². The molecule has 188 valence electrons. The molecule has 0 spiro atoms. The highest BCUT2D eigenvalue weighted by Crippen LogP contribution is 2.35. The number of nitrogens with zero attached hydrogens (tertiary/aromatic N) is 1. The van der Waals surface area contributed by atoms with Gasteiger partial charge in [0.15, 0.2) is 17.4 Å². The zero-order valence-corrected chi connectivity index (χ0v) is 20.6. The van der Waals surface area contributed by atoms with Crippen LogP contribution in [0.25, 0.3) is 22.0 Å². The number of nitrogens with one attached hydrogen (secondary N) is 1. The number of benzene rings is 3. The number of ether oxygens (including phenoxy) is 1. The van der Waals surface area contributed by atoms with Crippen molar-refractivity contribution in [2.45, 2.75) is 25.2 Å². The predicted molar refractivity (Wildman–Crippen MR) is 138 cm³/mol. The van der Waals surface area contributed by atoms with Gasteiger partial charge in [0.1, 0.15) is 0 Å². The van der Waals surface area contributed by atoms with E-state index >= 15 is 0 Å². The van der Waals surface area contributed by atoms with Crippen molar-refractivity contribution < 1.29 is 21.9 Å². The van der Waals surface area contributed by atoms with Crippen LogP contribution in [0.1, 0.15) is 30.7 Å². The summed E-state index contributed by atoms with van der Waals surface area (Å²) < 4.78 is 59.7. The highest BCUT2D eigenvalue weighted by Gasteiger charge is 2.29. The van der Waals surface area contributed by atoms with Gasteiger partial charge in [0, 0.05) is 30.2 Å². The molecule has 1 aliphatic rings. The van der Waals surface area contributed by atoms with E-state index in [1.807, 2.05) is 24.4 Å². The lowest BCUT2D eigenvalue weighted by molar-refractivity contribution is 0.282. The van der Waals surface area contributed by atoms with Crippen molar-refractivity contribution >= 4 is 20.9 Å². The van der Waals surface area contributed by atoms with Crippen LogP contribution < -0.4 is 4.74 Å². The third-order valence-electron chi connectivity index (χ3n) is 6.82.